The van der Waals surface area contributed by atoms with Crippen LogP contribution in [0.3, 0.4) is 0 Å². The highest BCUT2D eigenvalue weighted by Crippen LogP contribution is 2.21. The zero-order valence-corrected chi connectivity index (χ0v) is 10.9. The number of rotatable bonds is 7. The second-order valence-corrected chi connectivity index (χ2v) is 5.04. The summed E-state index contributed by atoms with van der Waals surface area (Å²) in [4.78, 5) is 4.54. The largest absolute Gasteiger partial charge is 0.312 e. The quantitative estimate of drug-likeness (QED) is 0.717. The molecule has 1 aromatic heterocycles. The molecular formula is C12H22N2S. The Kier molecular flexibility index (Phi) is 5.88. The van der Waals surface area contributed by atoms with Gasteiger partial charge >= 0.3 is 0 Å². The molecule has 1 rings (SSSR count). The van der Waals surface area contributed by atoms with E-state index in [0.29, 0.717) is 6.04 Å². The van der Waals surface area contributed by atoms with Crippen LogP contribution in [0.2, 0.25) is 0 Å². The van der Waals surface area contributed by atoms with Gasteiger partial charge in [0.15, 0.2) is 0 Å². The van der Waals surface area contributed by atoms with Crippen LogP contribution < -0.4 is 5.32 Å². The first kappa shape index (κ1) is 12.7. The first-order chi connectivity index (χ1) is 7.27. The van der Waals surface area contributed by atoms with Crippen LogP contribution in [0, 0.1) is 6.92 Å². The second-order valence-electron chi connectivity index (χ2n) is 3.98. The summed E-state index contributed by atoms with van der Waals surface area (Å²) in [7, 11) is 2.03. The zero-order valence-electron chi connectivity index (χ0n) is 10.0. The number of hydrogen-bond donors (Lipinski definition) is 1. The van der Waals surface area contributed by atoms with E-state index in [0.717, 1.165) is 0 Å². The molecule has 0 amide bonds. The van der Waals surface area contributed by atoms with Crippen molar-refractivity contribution in [1.29, 1.82) is 0 Å². The summed E-state index contributed by atoms with van der Waals surface area (Å²) in [6, 6.07) is 0.451. The standard InChI is InChI=1S/C12H22N2S/c1-4-5-6-7-8-11(13-3)12-9-15-10(2)14-12/h9,11,13H,4-8H2,1-3H3. The van der Waals surface area contributed by atoms with E-state index in [1.165, 1.54) is 42.8 Å². The molecule has 3 heteroatoms. The molecule has 1 atom stereocenters. The highest BCUT2D eigenvalue weighted by atomic mass is 32.1. The lowest BCUT2D eigenvalue weighted by molar-refractivity contribution is 0.497. The van der Waals surface area contributed by atoms with Crippen molar-refractivity contribution in [3.05, 3.63) is 16.1 Å². The van der Waals surface area contributed by atoms with Crippen LogP contribution in [0.5, 0.6) is 0 Å². The van der Waals surface area contributed by atoms with E-state index in [2.05, 4.69) is 29.5 Å². The molecule has 0 bridgehead atoms. The van der Waals surface area contributed by atoms with E-state index < -0.39 is 0 Å². The van der Waals surface area contributed by atoms with Crippen molar-refractivity contribution in [3.8, 4) is 0 Å². The van der Waals surface area contributed by atoms with Crippen molar-refractivity contribution in [2.75, 3.05) is 7.05 Å². The number of nitrogens with one attached hydrogen (secondary N) is 1. The van der Waals surface area contributed by atoms with Gasteiger partial charge in [-0.3, -0.25) is 0 Å². The minimum Gasteiger partial charge on any atom is -0.312 e. The molecule has 15 heavy (non-hydrogen) atoms. The summed E-state index contributed by atoms with van der Waals surface area (Å²) in [6.45, 7) is 4.32. The van der Waals surface area contributed by atoms with E-state index in [1.54, 1.807) is 11.3 Å². The molecule has 0 saturated carbocycles. The van der Waals surface area contributed by atoms with Gasteiger partial charge in [-0.1, -0.05) is 32.6 Å². The Balaban J connectivity index is 2.35. The highest BCUT2D eigenvalue weighted by Gasteiger charge is 2.11. The molecule has 86 valence electrons. The van der Waals surface area contributed by atoms with Crippen molar-refractivity contribution in [2.45, 2.75) is 52.0 Å². The molecule has 1 N–H and O–H groups in total. The lowest BCUT2D eigenvalue weighted by atomic mass is 10.1. The van der Waals surface area contributed by atoms with Gasteiger partial charge < -0.3 is 5.32 Å². The minimum atomic E-state index is 0.451. The van der Waals surface area contributed by atoms with Crippen molar-refractivity contribution >= 4 is 11.3 Å². The predicted octanol–water partition coefficient (Wildman–Crippen LogP) is 3.68. The van der Waals surface area contributed by atoms with Crippen LogP contribution in [0.15, 0.2) is 5.38 Å². The zero-order chi connectivity index (χ0) is 11.1. The van der Waals surface area contributed by atoms with Crippen LogP contribution in [-0.4, -0.2) is 12.0 Å². The summed E-state index contributed by atoms with van der Waals surface area (Å²) in [6.07, 6.45) is 6.51. The van der Waals surface area contributed by atoms with E-state index in [1.807, 2.05) is 7.05 Å². The molecule has 2 nitrogen and oxygen atoms in total. The SMILES string of the molecule is CCCCCCC(NC)c1csc(C)n1. The van der Waals surface area contributed by atoms with E-state index in [9.17, 15) is 0 Å². The fraction of sp³-hybridized carbons (Fsp3) is 0.750. The summed E-state index contributed by atoms with van der Waals surface area (Å²) >= 11 is 1.74. The van der Waals surface area contributed by atoms with Crippen molar-refractivity contribution in [2.24, 2.45) is 0 Å². The van der Waals surface area contributed by atoms with Gasteiger partial charge in [-0.05, 0) is 20.4 Å². The fourth-order valence-corrected chi connectivity index (χ4v) is 2.42. The van der Waals surface area contributed by atoms with Gasteiger partial charge in [-0.25, -0.2) is 4.98 Å². The molecular weight excluding hydrogens is 204 g/mol. The third-order valence-electron chi connectivity index (χ3n) is 2.69. The normalized spacial score (nSPS) is 13.0. The third-order valence-corrected chi connectivity index (χ3v) is 3.48. The van der Waals surface area contributed by atoms with Gasteiger partial charge in [-0.15, -0.1) is 11.3 Å². The van der Waals surface area contributed by atoms with Crippen molar-refractivity contribution in [3.63, 3.8) is 0 Å². The Labute approximate surface area is 97.1 Å². The van der Waals surface area contributed by atoms with Gasteiger partial charge in [0, 0.05) is 5.38 Å². The Hall–Kier alpha value is -0.410. The molecule has 0 aliphatic heterocycles. The summed E-state index contributed by atoms with van der Waals surface area (Å²) in [5, 5.41) is 6.70. The average molecular weight is 226 g/mol. The monoisotopic (exact) mass is 226 g/mol. The molecule has 0 spiro atoms. The molecule has 0 fully saturated rings. The maximum atomic E-state index is 4.54. The molecule has 1 aromatic rings. The molecule has 0 saturated heterocycles. The first-order valence-electron chi connectivity index (χ1n) is 5.87. The van der Waals surface area contributed by atoms with Crippen molar-refractivity contribution in [1.82, 2.24) is 10.3 Å². The predicted molar refractivity (Wildman–Crippen MR) is 67.4 cm³/mol. The Morgan fingerprint density at radius 1 is 1.40 bits per heavy atom. The number of aromatic nitrogens is 1. The summed E-state index contributed by atoms with van der Waals surface area (Å²) in [5.74, 6) is 0. The third kappa shape index (κ3) is 4.31. The van der Waals surface area contributed by atoms with Gasteiger partial charge in [0.1, 0.15) is 0 Å². The molecule has 0 aliphatic carbocycles. The number of hydrogen-bond acceptors (Lipinski definition) is 3. The topological polar surface area (TPSA) is 24.9 Å². The van der Waals surface area contributed by atoms with Crippen LogP contribution in [0.25, 0.3) is 0 Å². The Morgan fingerprint density at radius 3 is 2.73 bits per heavy atom. The second kappa shape index (κ2) is 6.96. The molecule has 0 radical (unpaired) electrons. The van der Waals surface area contributed by atoms with Crippen LogP contribution in [0.1, 0.15) is 55.8 Å². The first-order valence-corrected chi connectivity index (χ1v) is 6.75. The molecule has 1 unspecified atom stereocenters. The minimum absolute atomic E-state index is 0.451. The van der Waals surface area contributed by atoms with Crippen LogP contribution in [0.4, 0.5) is 0 Å². The smallest absolute Gasteiger partial charge is 0.0898 e. The Morgan fingerprint density at radius 2 is 2.20 bits per heavy atom. The van der Waals surface area contributed by atoms with Crippen LogP contribution >= 0.6 is 11.3 Å². The molecule has 0 aliphatic rings. The fourth-order valence-electron chi connectivity index (χ4n) is 1.76. The lowest BCUT2D eigenvalue weighted by Crippen LogP contribution is -2.16. The summed E-state index contributed by atoms with van der Waals surface area (Å²) in [5.41, 5.74) is 1.22. The average Bonchev–Trinajstić information content (AvgIpc) is 2.65. The number of thiazole rings is 1. The van der Waals surface area contributed by atoms with Gasteiger partial charge in [0.2, 0.25) is 0 Å². The van der Waals surface area contributed by atoms with Crippen LogP contribution in [-0.2, 0) is 0 Å². The van der Waals surface area contributed by atoms with E-state index in [-0.39, 0.29) is 0 Å². The number of unbranched alkanes of at least 4 members (excludes halogenated alkanes) is 3. The van der Waals surface area contributed by atoms with E-state index >= 15 is 0 Å². The van der Waals surface area contributed by atoms with E-state index in [4.69, 9.17) is 0 Å². The molecule has 1 heterocycles. The van der Waals surface area contributed by atoms with Gasteiger partial charge in [0.25, 0.3) is 0 Å². The Bertz CT molecular complexity index is 270. The number of nitrogens with zero attached hydrogens (tertiary/aromatic N) is 1. The lowest BCUT2D eigenvalue weighted by Gasteiger charge is -2.13. The van der Waals surface area contributed by atoms with Crippen molar-refractivity contribution < 1.29 is 0 Å². The molecule has 0 aromatic carbocycles. The highest BCUT2D eigenvalue weighted by molar-refractivity contribution is 7.09. The number of aryl methyl sites for hydroxylation is 1. The maximum absolute atomic E-state index is 4.54. The van der Waals surface area contributed by atoms with Gasteiger partial charge in [-0.2, -0.15) is 0 Å². The maximum Gasteiger partial charge on any atom is 0.0898 e. The summed E-state index contributed by atoms with van der Waals surface area (Å²) < 4.78 is 0. The van der Waals surface area contributed by atoms with Gasteiger partial charge in [0.05, 0.1) is 16.7 Å².